The molecule has 0 spiro atoms. The average molecular weight is 519 g/mol. The van der Waals surface area contributed by atoms with Gasteiger partial charge >= 0.3 is 0 Å². The molecule has 0 aromatic carbocycles. The van der Waals surface area contributed by atoms with E-state index in [-0.39, 0.29) is 0 Å². The topological polar surface area (TPSA) is 115 Å². The molecule has 0 saturated heterocycles. The summed E-state index contributed by atoms with van der Waals surface area (Å²) in [4.78, 5) is 14.0. The van der Waals surface area contributed by atoms with Crippen molar-refractivity contribution in [3.8, 4) is 11.3 Å². The summed E-state index contributed by atoms with van der Waals surface area (Å²) in [7, 11) is 1.84. The molecule has 5 heterocycles. The molecule has 6 rings (SSSR count). The number of fused-ring (bicyclic) bond motifs is 2. The molecule has 0 unspecified atom stereocenters. The standard InChI is InChI=1S/C22H24N8OS.C4H6O/c1-23-19-14-30-20(25-19)8-4-16(28-30)11-22-27-26-21-7-3-15(13-29(21)22)18-6-5-17(31-18)12-24-9-10-32-2;5-3-4-1-2-4/h3-8,13-14,23-24H,9-12H2,1-2H3;3-4H,1-2H2. The van der Waals surface area contributed by atoms with Crippen molar-refractivity contribution in [3.05, 3.63) is 66.1 Å². The van der Waals surface area contributed by atoms with Gasteiger partial charge in [-0.2, -0.15) is 16.9 Å². The Balaban J connectivity index is 0.000000503. The number of nitrogens with zero attached hydrogens (tertiary/aromatic N) is 6. The van der Waals surface area contributed by atoms with Crippen LogP contribution < -0.4 is 10.6 Å². The summed E-state index contributed by atoms with van der Waals surface area (Å²) in [5.41, 5.74) is 3.44. The van der Waals surface area contributed by atoms with Crippen LogP contribution in [0, 0.1) is 5.92 Å². The maximum atomic E-state index is 9.57. The zero-order valence-corrected chi connectivity index (χ0v) is 21.7. The summed E-state index contributed by atoms with van der Waals surface area (Å²) in [6, 6.07) is 11.9. The first-order valence-electron chi connectivity index (χ1n) is 12.3. The number of hydrogen-bond donors (Lipinski definition) is 2. The molecule has 2 N–H and O–H groups in total. The van der Waals surface area contributed by atoms with Gasteiger partial charge in [-0.25, -0.2) is 9.50 Å². The number of imidazole rings is 1. The number of carbonyl (C=O) groups is 1. The molecular weight excluding hydrogens is 488 g/mol. The van der Waals surface area contributed by atoms with Gasteiger partial charge in [0.2, 0.25) is 0 Å². The Morgan fingerprint density at radius 2 is 1.97 bits per heavy atom. The molecule has 5 aromatic heterocycles. The van der Waals surface area contributed by atoms with Crippen molar-refractivity contribution in [1.29, 1.82) is 0 Å². The number of pyridine rings is 1. The van der Waals surface area contributed by atoms with Crippen molar-refractivity contribution < 1.29 is 9.21 Å². The van der Waals surface area contributed by atoms with Crippen LogP contribution in [0.1, 0.15) is 30.1 Å². The molecule has 192 valence electrons. The number of hydrogen-bond acceptors (Lipinski definition) is 9. The fourth-order valence-corrected chi connectivity index (χ4v) is 4.10. The molecule has 0 aliphatic heterocycles. The lowest BCUT2D eigenvalue weighted by Gasteiger charge is -2.04. The van der Waals surface area contributed by atoms with Crippen molar-refractivity contribution in [1.82, 2.24) is 34.5 Å². The number of carbonyl (C=O) groups excluding carboxylic acids is 1. The van der Waals surface area contributed by atoms with Crippen molar-refractivity contribution in [2.45, 2.75) is 25.8 Å². The van der Waals surface area contributed by atoms with E-state index in [1.54, 1.807) is 4.52 Å². The van der Waals surface area contributed by atoms with E-state index in [9.17, 15) is 4.79 Å². The van der Waals surface area contributed by atoms with Crippen molar-refractivity contribution in [3.63, 3.8) is 0 Å². The number of rotatable bonds is 10. The fraction of sp³-hybridized carbons (Fsp3) is 0.346. The summed E-state index contributed by atoms with van der Waals surface area (Å²) in [5, 5.41) is 19.8. The van der Waals surface area contributed by atoms with E-state index in [1.807, 2.05) is 72.0 Å². The monoisotopic (exact) mass is 518 g/mol. The zero-order valence-electron chi connectivity index (χ0n) is 20.9. The molecule has 1 saturated carbocycles. The van der Waals surface area contributed by atoms with Gasteiger partial charge in [-0.1, -0.05) is 0 Å². The van der Waals surface area contributed by atoms with Crippen molar-refractivity contribution in [2.24, 2.45) is 5.92 Å². The Hall–Kier alpha value is -3.70. The Morgan fingerprint density at radius 1 is 1.11 bits per heavy atom. The lowest BCUT2D eigenvalue weighted by molar-refractivity contribution is -0.108. The molecule has 1 aliphatic carbocycles. The zero-order chi connectivity index (χ0) is 25.6. The predicted octanol–water partition coefficient (Wildman–Crippen LogP) is 3.71. The van der Waals surface area contributed by atoms with E-state index in [0.717, 1.165) is 83.7 Å². The van der Waals surface area contributed by atoms with Crippen LogP contribution in [-0.4, -0.2) is 61.1 Å². The van der Waals surface area contributed by atoms with Gasteiger partial charge in [0.15, 0.2) is 11.3 Å². The van der Waals surface area contributed by atoms with E-state index in [4.69, 9.17) is 4.42 Å². The van der Waals surface area contributed by atoms with E-state index in [1.165, 1.54) is 0 Å². The number of nitrogens with one attached hydrogen (secondary N) is 2. The second-order valence-corrected chi connectivity index (χ2v) is 9.84. The first kappa shape index (κ1) is 25.0. The van der Waals surface area contributed by atoms with Crippen LogP contribution in [0.4, 0.5) is 5.82 Å². The third-order valence-electron chi connectivity index (χ3n) is 5.99. The summed E-state index contributed by atoms with van der Waals surface area (Å²) in [6.07, 6.45) is 9.85. The molecule has 10 nitrogen and oxygen atoms in total. The first-order chi connectivity index (χ1) is 18.2. The van der Waals surface area contributed by atoms with Crippen LogP contribution in [0.2, 0.25) is 0 Å². The highest BCUT2D eigenvalue weighted by atomic mass is 32.2. The number of furan rings is 1. The highest BCUT2D eigenvalue weighted by molar-refractivity contribution is 7.98. The lowest BCUT2D eigenvalue weighted by Crippen LogP contribution is -2.15. The van der Waals surface area contributed by atoms with Crippen LogP contribution in [-0.2, 0) is 17.8 Å². The summed E-state index contributed by atoms with van der Waals surface area (Å²) in [5.74, 6) is 4.88. The number of aromatic nitrogens is 6. The van der Waals surface area contributed by atoms with Crippen molar-refractivity contribution >= 4 is 35.2 Å². The molecule has 0 amide bonds. The molecule has 0 radical (unpaired) electrons. The number of thioether (sulfide) groups is 1. The highest BCUT2D eigenvalue weighted by Gasteiger charge is 2.19. The van der Waals surface area contributed by atoms with E-state index in [2.05, 4.69) is 37.2 Å². The fourth-order valence-electron chi connectivity index (χ4n) is 3.75. The first-order valence-corrected chi connectivity index (χ1v) is 13.7. The molecule has 37 heavy (non-hydrogen) atoms. The van der Waals surface area contributed by atoms with E-state index < -0.39 is 0 Å². The van der Waals surface area contributed by atoms with Gasteiger partial charge in [-0.3, -0.25) is 4.40 Å². The third kappa shape index (κ3) is 6.17. The quantitative estimate of drug-likeness (QED) is 0.211. The van der Waals surface area contributed by atoms with Gasteiger partial charge in [0.05, 0.1) is 24.9 Å². The third-order valence-corrected chi connectivity index (χ3v) is 6.60. The van der Waals surface area contributed by atoms with E-state index >= 15 is 0 Å². The van der Waals surface area contributed by atoms with Gasteiger partial charge < -0.3 is 19.8 Å². The molecule has 0 bridgehead atoms. The predicted molar refractivity (Wildman–Crippen MR) is 145 cm³/mol. The number of aldehydes is 1. The Kier molecular flexibility index (Phi) is 7.81. The minimum Gasteiger partial charge on any atom is -0.460 e. The Bertz CT molecular complexity index is 1490. The summed E-state index contributed by atoms with van der Waals surface area (Å²) >= 11 is 1.83. The van der Waals surface area contributed by atoms with Gasteiger partial charge in [-0.05, 0) is 55.5 Å². The van der Waals surface area contributed by atoms with Crippen LogP contribution in [0.25, 0.3) is 22.6 Å². The molecule has 1 aliphatic rings. The van der Waals surface area contributed by atoms with E-state index in [0.29, 0.717) is 12.3 Å². The Labute approximate surface area is 218 Å². The SMILES string of the molecule is CNc1cn2nc(Cc3nnc4ccc(-c5ccc(CNCCSC)o5)cn34)ccc2n1.O=CC1CC1. The smallest absolute Gasteiger partial charge is 0.160 e. The van der Waals surface area contributed by atoms with Gasteiger partial charge in [0.25, 0.3) is 0 Å². The summed E-state index contributed by atoms with van der Waals surface area (Å²) < 4.78 is 9.81. The minimum absolute atomic E-state index is 0.454. The largest absolute Gasteiger partial charge is 0.460 e. The molecule has 0 atom stereocenters. The van der Waals surface area contributed by atoms with Crippen LogP contribution in [0.5, 0.6) is 0 Å². The van der Waals surface area contributed by atoms with Crippen LogP contribution in [0.15, 0.2) is 53.2 Å². The maximum Gasteiger partial charge on any atom is 0.160 e. The van der Waals surface area contributed by atoms with Gasteiger partial charge in [0, 0.05) is 37.0 Å². The normalized spacial score (nSPS) is 13.0. The summed E-state index contributed by atoms with van der Waals surface area (Å²) in [6.45, 7) is 1.68. The van der Waals surface area contributed by atoms with Crippen LogP contribution in [0.3, 0.4) is 0 Å². The minimum atomic E-state index is 0.454. The molecule has 1 fully saturated rings. The lowest BCUT2D eigenvalue weighted by atomic mass is 10.2. The molecule has 5 aromatic rings. The van der Waals surface area contributed by atoms with Crippen molar-refractivity contribution in [2.75, 3.05) is 30.9 Å². The van der Waals surface area contributed by atoms with Gasteiger partial charge in [-0.15, -0.1) is 10.2 Å². The van der Waals surface area contributed by atoms with Gasteiger partial charge in [0.1, 0.15) is 29.4 Å². The average Bonchev–Trinajstić information content (AvgIpc) is 3.31. The molecule has 11 heteroatoms. The number of anilines is 1. The highest BCUT2D eigenvalue weighted by Crippen LogP contribution is 2.25. The molecular formula is C26H30N8O2S. The maximum absolute atomic E-state index is 9.57. The Morgan fingerprint density at radius 3 is 2.73 bits per heavy atom. The second kappa shape index (κ2) is 11.6. The van der Waals surface area contributed by atoms with Crippen LogP contribution >= 0.6 is 11.8 Å². The second-order valence-electron chi connectivity index (χ2n) is 8.85.